The minimum Gasteiger partial charge on any atom is -0.295 e. The van der Waals surface area contributed by atoms with E-state index >= 15 is 0 Å². The van der Waals surface area contributed by atoms with Crippen molar-refractivity contribution in [3.05, 3.63) is 52.2 Å². The Balaban J connectivity index is 1.72. The quantitative estimate of drug-likeness (QED) is 0.794. The molecule has 0 spiro atoms. The van der Waals surface area contributed by atoms with Crippen LogP contribution in [0.2, 0.25) is 0 Å². The summed E-state index contributed by atoms with van der Waals surface area (Å²) in [5.41, 5.74) is 1.85. The van der Waals surface area contributed by atoms with Gasteiger partial charge in [0, 0.05) is 18.7 Å². The molecule has 0 radical (unpaired) electrons. The zero-order chi connectivity index (χ0) is 16.4. The monoisotopic (exact) mass is 349 g/mol. The van der Waals surface area contributed by atoms with Crippen molar-refractivity contribution in [1.29, 1.82) is 0 Å². The number of hydrogen-bond donors (Lipinski definition) is 0. The summed E-state index contributed by atoms with van der Waals surface area (Å²) < 4.78 is 27.0. The van der Waals surface area contributed by atoms with E-state index in [4.69, 9.17) is 0 Å². The maximum Gasteiger partial charge on any atom is 0.243 e. The zero-order valence-electron chi connectivity index (χ0n) is 12.9. The molecule has 0 atom stereocenters. The second-order valence-electron chi connectivity index (χ2n) is 5.82. The zero-order valence-corrected chi connectivity index (χ0v) is 14.6. The maximum atomic E-state index is 12.7. The van der Waals surface area contributed by atoms with Gasteiger partial charge in [-0.15, -0.1) is 0 Å². The standard InChI is InChI=1S/C17H19NO3S2/c1-13(19)14-2-4-17(5-3-14)23(20,21)18-9-6-15(7-10-18)16-8-11-22-12-16/h2-5,8,11-12,15H,6-7,9-10H2,1H3. The van der Waals surface area contributed by atoms with Gasteiger partial charge in [0.2, 0.25) is 10.0 Å². The van der Waals surface area contributed by atoms with Crippen molar-refractivity contribution in [3.63, 3.8) is 0 Å². The van der Waals surface area contributed by atoms with Crippen molar-refractivity contribution >= 4 is 27.1 Å². The number of carbonyl (C=O) groups excluding carboxylic acids is 1. The van der Waals surface area contributed by atoms with Crippen molar-refractivity contribution in [3.8, 4) is 0 Å². The van der Waals surface area contributed by atoms with Gasteiger partial charge in [0.05, 0.1) is 4.90 Å². The Morgan fingerprint density at radius 1 is 1.13 bits per heavy atom. The van der Waals surface area contributed by atoms with Crippen molar-refractivity contribution in [2.45, 2.75) is 30.6 Å². The van der Waals surface area contributed by atoms with Gasteiger partial charge < -0.3 is 0 Å². The lowest BCUT2D eigenvalue weighted by atomic mass is 9.92. The molecule has 2 heterocycles. The van der Waals surface area contributed by atoms with Crippen LogP contribution in [0.5, 0.6) is 0 Å². The molecule has 6 heteroatoms. The molecule has 0 unspecified atom stereocenters. The van der Waals surface area contributed by atoms with Crippen molar-refractivity contribution < 1.29 is 13.2 Å². The molecule has 0 N–H and O–H groups in total. The average molecular weight is 349 g/mol. The fourth-order valence-electron chi connectivity index (χ4n) is 2.95. The molecule has 122 valence electrons. The first kappa shape index (κ1) is 16.4. The van der Waals surface area contributed by atoms with Gasteiger partial charge in [0.15, 0.2) is 5.78 Å². The van der Waals surface area contributed by atoms with Crippen LogP contribution in [0.25, 0.3) is 0 Å². The Morgan fingerprint density at radius 3 is 2.30 bits per heavy atom. The molecule has 4 nitrogen and oxygen atoms in total. The lowest BCUT2D eigenvalue weighted by Crippen LogP contribution is -2.37. The van der Waals surface area contributed by atoms with Crippen molar-refractivity contribution in [2.24, 2.45) is 0 Å². The highest BCUT2D eigenvalue weighted by Gasteiger charge is 2.30. The van der Waals surface area contributed by atoms with E-state index in [0.29, 0.717) is 24.6 Å². The largest absolute Gasteiger partial charge is 0.295 e. The highest BCUT2D eigenvalue weighted by molar-refractivity contribution is 7.89. The highest BCUT2D eigenvalue weighted by Crippen LogP contribution is 2.31. The van der Waals surface area contributed by atoms with Gasteiger partial charge in [-0.05, 0) is 60.2 Å². The Morgan fingerprint density at radius 2 is 1.78 bits per heavy atom. The van der Waals surface area contributed by atoms with Crippen molar-refractivity contribution in [1.82, 2.24) is 4.31 Å². The molecule has 0 saturated carbocycles. The molecule has 23 heavy (non-hydrogen) atoms. The van der Waals surface area contributed by atoms with Crippen LogP contribution in [0, 0.1) is 0 Å². The molecular formula is C17H19NO3S2. The van der Waals surface area contributed by atoms with E-state index < -0.39 is 10.0 Å². The Hall–Kier alpha value is -1.50. The normalized spacial score (nSPS) is 17.3. The molecule has 3 rings (SSSR count). The molecule has 0 amide bonds. The summed E-state index contributed by atoms with van der Waals surface area (Å²) in [6.45, 7) is 2.55. The Labute approximate surface area is 140 Å². The summed E-state index contributed by atoms with van der Waals surface area (Å²) in [5, 5.41) is 4.21. The smallest absolute Gasteiger partial charge is 0.243 e. The number of thiophene rings is 1. The van der Waals surface area contributed by atoms with Crippen LogP contribution < -0.4 is 0 Å². The van der Waals surface area contributed by atoms with Gasteiger partial charge in [-0.3, -0.25) is 4.79 Å². The number of benzene rings is 1. The van der Waals surface area contributed by atoms with E-state index in [2.05, 4.69) is 16.8 Å². The van der Waals surface area contributed by atoms with Crippen LogP contribution in [0.15, 0.2) is 46.0 Å². The van der Waals surface area contributed by atoms with E-state index in [1.54, 1.807) is 27.8 Å². The third-order valence-electron chi connectivity index (χ3n) is 4.37. The second-order valence-corrected chi connectivity index (χ2v) is 8.53. The van der Waals surface area contributed by atoms with E-state index in [1.165, 1.54) is 24.6 Å². The number of rotatable bonds is 4. The molecule has 1 aliphatic heterocycles. The van der Waals surface area contributed by atoms with Crippen molar-refractivity contribution in [2.75, 3.05) is 13.1 Å². The predicted molar refractivity (Wildman–Crippen MR) is 91.5 cm³/mol. The first-order valence-corrected chi connectivity index (χ1v) is 10.00. The molecule has 0 bridgehead atoms. The second kappa shape index (κ2) is 6.55. The van der Waals surface area contributed by atoms with Crippen LogP contribution in [0.1, 0.15) is 41.6 Å². The molecular weight excluding hydrogens is 330 g/mol. The maximum absolute atomic E-state index is 12.7. The van der Waals surface area contributed by atoms with Gasteiger partial charge in [0.25, 0.3) is 0 Å². The first-order chi connectivity index (χ1) is 11.0. The minimum atomic E-state index is -3.47. The van der Waals surface area contributed by atoms with E-state index in [1.807, 2.05) is 0 Å². The van der Waals surface area contributed by atoms with Gasteiger partial charge >= 0.3 is 0 Å². The molecule has 1 aliphatic rings. The van der Waals surface area contributed by atoms with Crippen LogP contribution in [0.4, 0.5) is 0 Å². The number of carbonyl (C=O) groups is 1. The molecule has 0 aliphatic carbocycles. The number of nitrogens with zero attached hydrogens (tertiary/aromatic N) is 1. The van der Waals surface area contributed by atoms with Crippen LogP contribution >= 0.6 is 11.3 Å². The fourth-order valence-corrected chi connectivity index (χ4v) is 5.16. The number of ketones is 1. The summed E-state index contributed by atoms with van der Waals surface area (Å²) >= 11 is 1.68. The van der Waals surface area contributed by atoms with Crippen LogP contribution in [-0.4, -0.2) is 31.6 Å². The summed E-state index contributed by atoms with van der Waals surface area (Å²) in [6, 6.07) is 8.33. The number of Topliss-reactive ketones (excluding diaryl/α,β-unsaturated/α-hetero) is 1. The third-order valence-corrected chi connectivity index (χ3v) is 6.98. The Bertz CT molecular complexity index is 772. The third kappa shape index (κ3) is 3.39. The van der Waals surface area contributed by atoms with Crippen LogP contribution in [-0.2, 0) is 10.0 Å². The Kier molecular flexibility index (Phi) is 4.66. The molecule has 1 fully saturated rings. The number of piperidine rings is 1. The van der Waals surface area contributed by atoms with E-state index in [0.717, 1.165) is 12.8 Å². The molecule has 1 aromatic carbocycles. The van der Waals surface area contributed by atoms with Gasteiger partial charge in [-0.2, -0.15) is 15.6 Å². The summed E-state index contributed by atoms with van der Waals surface area (Å²) in [7, 11) is -3.47. The lowest BCUT2D eigenvalue weighted by molar-refractivity contribution is 0.101. The van der Waals surface area contributed by atoms with Gasteiger partial charge in [0.1, 0.15) is 0 Å². The SMILES string of the molecule is CC(=O)c1ccc(S(=O)(=O)N2CCC(c3ccsc3)CC2)cc1. The molecule has 1 saturated heterocycles. The first-order valence-electron chi connectivity index (χ1n) is 7.62. The highest BCUT2D eigenvalue weighted by atomic mass is 32.2. The van der Waals surface area contributed by atoms with E-state index in [-0.39, 0.29) is 10.7 Å². The summed E-state index contributed by atoms with van der Waals surface area (Å²) in [4.78, 5) is 11.6. The number of hydrogen-bond acceptors (Lipinski definition) is 4. The summed E-state index contributed by atoms with van der Waals surface area (Å²) in [5.74, 6) is 0.387. The minimum absolute atomic E-state index is 0.0643. The number of sulfonamides is 1. The topological polar surface area (TPSA) is 54.5 Å². The fraction of sp³-hybridized carbons (Fsp3) is 0.353. The van der Waals surface area contributed by atoms with Gasteiger partial charge in [-0.1, -0.05) is 12.1 Å². The average Bonchev–Trinajstić information content (AvgIpc) is 3.09. The summed E-state index contributed by atoms with van der Waals surface area (Å²) in [6.07, 6.45) is 1.70. The van der Waals surface area contributed by atoms with E-state index in [9.17, 15) is 13.2 Å². The predicted octanol–water partition coefficient (Wildman–Crippen LogP) is 3.52. The van der Waals surface area contributed by atoms with Crippen LogP contribution in [0.3, 0.4) is 0 Å². The molecule has 2 aromatic rings. The van der Waals surface area contributed by atoms with Gasteiger partial charge in [-0.25, -0.2) is 8.42 Å². The lowest BCUT2D eigenvalue weighted by Gasteiger charge is -2.31. The molecule has 1 aromatic heterocycles.